The maximum absolute atomic E-state index is 12.4. The van der Waals surface area contributed by atoms with Crippen molar-refractivity contribution in [1.82, 2.24) is 0 Å². The number of anilines is 4. The molecule has 0 aliphatic carbocycles. The Kier molecular flexibility index (Phi) is 7.60. The lowest BCUT2D eigenvalue weighted by Crippen LogP contribution is -2.14. The topological polar surface area (TPSA) is 103 Å². The van der Waals surface area contributed by atoms with Crippen molar-refractivity contribution in [2.75, 3.05) is 22.6 Å². The van der Waals surface area contributed by atoms with Crippen LogP contribution >= 0.6 is 0 Å². The summed E-state index contributed by atoms with van der Waals surface area (Å²) in [7, 11) is 0. The average molecular weight is 426 g/mol. The maximum Gasteiger partial charge on any atom is 0.338 e. The molecule has 0 saturated carbocycles. The van der Waals surface area contributed by atoms with Crippen molar-refractivity contribution in [3.8, 4) is 6.07 Å². The fourth-order valence-electron chi connectivity index (χ4n) is 2.74. The molecule has 0 spiro atoms. The highest BCUT2D eigenvalue weighted by atomic mass is 16.5. The summed E-state index contributed by atoms with van der Waals surface area (Å²) in [4.78, 5) is 24.1. The van der Waals surface area contributed by atoms with Crippen LogP contribution in [0.4, 0.5) is 22.7 Å². The Morgan fingerprint density at radius 1 is 0.875 bits per heavy atom. The number of nitrogens with one attached hydrogen (secondary N) is 3. The number of hydrogen-bond donors (Lipinski definition) is 3. The van der Waals surface area contributed by atoms with Crippen LogP contribution in [0.1, 0.15) is 17.3 Å². The summed E-state index contributed by atoms with van der Waals surface area (Å²) in [5.41, 5.74) is 3.37. The van der Waals surface area contributed by atoms with Crippen molar-refractivity contribution in [3.05, 3.63) is 96.2 Å². The van der Waals surface area contributed by atoms with Gasteiger partial charge in [-0.2, -0.15) is 5.26 Å². The number of esters is 1. The number of carbonyl (C=O) groups is 2. The predicted molar refractivity (Wildman–Crippen MR) is 125 cm³/mol. The zero-order valence-corrected chi connectivity index (χ0v) is 17.5. The average Bonchev–Trinajstić information content (AvgIpc) is 2.82. The van der Waals surface area contributed by atoms with E-state index in [1.807, 2.05) is 60.7 Å². The zero-order chi connectivity index (χ0) is 22.8. The molecule has 0 aromatic heterocycles. The molecule has 0 fully saturated rings. The van der Waals surface area contributed by atoms with Crippen molar-refractivity contribution in [2.24, 2.45) is 0 Å². The second-order valence-electron chi connectivity index (χ2n) is 6.63. The number of para-hydroxylation sites is 1. The summed E-state index contributed by atoms with van der Waals surface area (Å²) in [5.74, 6) is -0.997. The van der Waals surface area contributed by atoms with Crippen LogP contribution in [-0.2, 0) is 9.53 Å². The molecule has 7 heteroatoms. The van der Waals surface area contributed by atoms with Crippen molar-refractivity contribution in [1.29, 1.82) is 5.26 Å². The van der Waals surface area contributed by atoms with Gasteiger partial charge < -0.3 is 20.7 Å². The van der Waals surface area contributed by atoms with E-state index >= 15 is 0 Å². The van der Waals surface area contributed by atoms with Crippen molar-refractivity contribution < 1.29 is 14.3 Å². The van der Waals surface area contributed by atoms with E-state index in [2.05, 4.69) is 16.0 Å². The molecule has 32 heavy (non-hydrogen) atoms. The first-order valence-electron chi connectivity index (χ1n) is 9.96. The summed E-state index contributed by atoms with van der Waals surface area (Å²) < 4.78 is 4.92. The lowest BCUT2D eigenvalue weighted by atomic mass is 10.2. The molecule has 3 rings (SSSR count). The molecule has 0 heterocycles. The molecule has 3 N–H and O–H groups in total. The smallest absolute Gasteiger partial charge is 0.338 e. The number of nitrogens with zero attached hydrogens (tertiary/aromatic N) is 1. The molecular weight excluding hydrogens is 404 g/mol. The largest absolute Gasteiger partial charge is 0.462 e. The summed E-state index contributed by atoms with van der Waals surface area (Å²) >= 11 is 0. The lowest BCUT2D eigenvalue weighted by molar-refractivity contribution is -0.112. The third-order valence-corrected chi connectivity index (χ3v) is 4.35. The fourth-order valence-corrected chi connectivity index (χ4v) is 2.74. The molecule has 0 saturated heterocycles. The van der Waals surface area contributed by atoms with Crippen LogP contribution in [0.15, 0.2) is 90.6 Å². The molecule has 160 valence electrons. The first-order valence-corrected chi connectivity index (χ1v) is 9.96. The summed E-state index contributed by atoms with van der Waals surface area (Å²) in [6.07, 6.45) is 1.35. The normalized spacial score (nSPS) is 10.6. The van der Waals surface area contributed by atoms with E-state index in [-0.39, 0.29) is 12.2 Å². The number of nitriles is 1. The van der Waals surface area contributed by atoms with Crippen molar-refractivity contribution in [2.45, 2.75) is 6.92 Å². The van der Waals surface area contributed by atoms with E-state index in [0.717, 1.165) is 17.1 Å². The molecule has 0 radical (unpaired) electrons. The highest BCUT2D eigenvalue weighted by Crippen LogP contribution is 2.19. The van der Waals surface area contributed by atoms with Gasteiger partial charge in [-0.05, 0) is 67.6 Å². The van der Waals surface area contributed by atoms with Gasteiger partial charge in [0, 0.05) is 28.9 Å². The molecule has 1 amide bonds. The molecule has 3 aromatic carbocycles. The number of ether oxygens (including phenoxy) is 1. The molecule has 3 aromatic rings. The quantitative estimate of drug-likeness (QED) is 0.264. The second-order valence-corrected chi connectivity index (χ2v) is 6.63. The SMILES string of the molecule is CCOC(=O)c1ccc(NC(=O)/C(C#N)=C\Nc2ccc(Nc3ccccc3)cc2)cc1. The van der Waals surface area contributed by atoms with Gasteiger partial charge in [0.15, 0.2) is 0 Å². The zero-order valence-electron chi connectivity index (χ0n) is 17.5. The van der Waals surface area contributed by atoms with E-state index in [9.17, 15) is 14.9 Å². The molecule has 0 aliphatic heterocycles. The molecule has 0 atom stereocenters. The van der Waals surface area contributed by atoms with Crippen molar-refractivity contribution >= 4 is 34.6 Å². The minimum Gasteiger partial charge on any atom is -0.462 e. The number of amides is 1. The summed E-state index contributed by atoms with van der Waals surface area (Å²) in [6.45, 7) is 2.01. The van der Waals surface area contributed by atoms with E-state index < -0.39 is 11.9 Å². The lowest BCUT2D eigenvalue weighted by Gasteiger charge is -2.08. The van der Waals surface area contributed by atoms with Gasteiger partial charge in [-0.15, -0.1) is 0 Å². The van der Waals surface area contributed by atoms with Gasteiger partial charge in [0.2, 0.25) is 0 Å². The van der Waals surface area contributed by atoms with Gasteiger partial charge in [-0.25, -0.2) is 4.79 Å². The predicted octanol–water partition coefficient (Wildman–Crippen LogP) is 5.06. The first kappa shape index (κ1) is 22.1. The second kappa shape index (κ2) is 11.0. The highest BCUT2D eigenvalue weighted by Gasteiger charge is 2.11. The number of carbonyl (C=O) groups excluding carboxylic acids is 2. The van der Waals surface area contributed by atoms with Crippen LogP contribution in [0.2, 0.25) is 0 Å². The van der Waals surface area contributed by atoms with Crippen LogP contribution in [0, 0.1) is 11.3 Å². The monoisotopic (exact) mass is 426 g/mol. The first-order chi connectivity index (χ1) is 15.6. The van der Waals surface area contributed by atoms with E-state index in [0.29, 0.717) is 11.3 Å². The van der Waals surface area contributed by atoms with Gasteiger partial charge in [-0.3, -0.25) is 4.79 Å². The van der Waals surface area contributed by atoms with E-state index in [1.54, 1.807) is 31.2 Å². The Balaban J connectivity index is 1.59. The van der Waals surface area contributed by atoms with Crippen LogP contribution < -0.4 is 16.0 Å². The number of benzene rings is 3. The van der Waals surface area contributed by atoms with Crippen LogP contribution in [0.5, 0.6) is 0 Å². The number of hydrogen-bond acceptors (Lipinski definition) is 6. The molecule has 0 bridgehead atoms. The minimum atomic E-state index is -0.564. The van der Waals surface area contributed by atoms with E-state index in [1.165, 1.54) is 6.20 Å². The van der Waals surface area contributed by atoms with Crippen LogP contribution in [0.25, 0.3) is 0 Å². The standard InChI is InChI=1S/C25H22N4O3/c1-2-32-25(31)18-8-10-23(11-9-18)29-24(30)19(16-26)17-27-20-12-14-22(15-13-20)28-21-6-4-3-5-7-21/h3-15,17,27-28H,2H2,1H3,(H,29,30)/b19-17-. The maximum atomic E-state index is 12.4. The number of rotatable bonds is 8. The molecular formula is C25H22N4O3. The fraction of sp³-hybridized carbons (Fsp3) is 0.0800. The van der Waals surface area contributed by atoms with E-state index in [4.69, 9.17) is 4.74 Å². The Bertz CT molecular complexity index is 1130. The molecule has 7 nitrogen and oxygen atoms in total. The summed E-state index contributed by atoms with van der Waals surface area (Å²) in [5, 5.41) is 18.2. The van der Waals surface area contributed by atoms with Gasteiger partial charge in [0.25, 0.3) is 5.91 Å². The van der Waals surface area contributed by atoms with Gasteiger partial charge >= 0.3 is 5.97 Å². The molecule has 0 unspecified atom stereocenters. The Morgan fingerprint density at radius 3 is 2.09 bits per heavy atom. The third-order valence-electron chi connectivity index (χ3n) is 4.35. The third kappa shape index (κ3) is 6.21. The summed E-state index contributed by atoms with van der Waals surface area (Å²) in [6, 6.07) is 25.4. The highest BCUT2D eigenvalue weighted by molar-refractivity contribution is 6.06. The van der Waals surface area contributed by atoms with Gasteiger partial charge in [-0.1, -0.05) is 18.2 Å². The van der Waals surface area contributed by atoms with Crippen LogP contribution in [-0.4, -0.2) is 18.5 Å². The minimum absolute atomic E-state index is 0.0917. The Morgan fingerprint density at radius 2 is 1.47 bits per heavy atom. The van der Waals surface area contributed by atoms with Crippen LogP contribution in [0.3, 0.4) is 0 Å². The Hall–Kier alpha value is -4.57. The van der Waals surface area contributed by atoms with Gasteiger partial charge in [0.05, 0.1) is 12.2 Å². The van der Waals surface area contributed by atoms with Gasteiger partial charge in [0.1, 0.15) is 11.6 Å². The Labute approximate surface area is 186 Å². The molecule has 0 aliphatic rings. The van der Waals surface area contributed by atoms with Crippen molar-refractivity contribution in [3.63, 3.8) is 0 Å².